The van der Waals surface area contributed by atoms with E-state index in [9.17, 15) is 19.8 Å². The van der Waals surface area contributed by atoms with Gasteiger partial charge in [0.1, 0.15) is 0 Å². The first-order valence-electron chi connectivity index (χ1n) is 6.44. The minimum atomic E-state index is -0.768. The molecule has 0 aliphatic heterocycles. The van der Waals surface area contributed by atoms with Gasteiger partial charge < -0.3 is 10.2 Å². The van der Waals surface area contributed by atoms with E-state index in [1.165, 1.54) is 0 Å². The predicted molar refractivity (Wildman–Crippen MR) is 59.4 cm³/mol. The number of rotatable bonds is 2. The molecule has 2 N–H and O–H groups in total. The fraction of sp³-hybridized carbons (Fsp3) is 0.846. The Balaban J connectivity index is 2.05. The quantitative estimate of drug-likeness (QED) is 0.772. The summed E-state index contributed by atoms with van der Waals surface area (Å²) in [5, 5.41) is 19.0. The SMILES string of the molecule is O=C(O)C12CCCC3CC(C(=O)O)(CC3C1)C2. The molecule has 0 aromatic heterocycles. The molecule has 0 amide bonds. The topological polar surface area (TPSA) is 74.6 Å². The zero-order chi connectivity index (χ0) is 12.3. The summed E-state index contributed by atoms with van der Waals surface area (Å²) in [6, 6.07) is 0. The van der Waals surface area contributed by atoms with Crippen LogP contribution in [0.25, 0.3) is 0 Å². The van der Waals surface area contributed by atoms with Crippen LogP contribution < -0.4 is 0 Å². The Hall–Kier alpha value is -1.06. The average Bonchev–Trinajstić information content (AvgIpc) is 2.43. The fourth-order valence-electron chi connectivity index (χ4n) is 4.78. The summed E-state index contributed by atoms with van der Waals surface area (Å²) in [4.78, 5) is 23.1. The van der Waals surface area contributed by atoms with E-state index in [2.05, 4.69) is 0 Å². The lowest BCUT2D eigenvalue weighted by Gasteiger charge is -2.41. The molecule has 17 heavy (non-hydrogen) atoms. The van der Waals surface area contributed by atoms with Gasteiger partial charge in [-0.05, 0) is 43.9 Å². The molecule has 3 rings (SSSR count). The lowest BCUT2D eigenvalue weighted by Crippen LogP contribution is -2.44. The monoisotopic (exact) mass is 238 g/mol. The molecule has 0 aromatic carbocycles. The third-order valence-electron chi connectivity index (χ3n) is 5.44. The van der Waals surface area contributed by atoms with Crippen LogP contribution in [0.5, 0.6) is 0 Å². The zero-order valence-corrected chi connectivity index (χ0v) is 9.82. The number of hydrogen-bond acceptors (Lipinski definition) is 2. The van der Waals surface area contributed by atoms with Crippen molar-refractivity contribution in [3.8, 4) is 0 Å². The van der Waals surface area contributed by atoms with Crippen LogP contribution in [0.4, 0.5) is 0 Å². The number of hydrogen-bond donors (Lipinski definition) is 2. The van der Waals surface area contributed by atoms with Crippen molar-refractivity contribution in [2.24, 2.45) is 22.7 Å². The van der Waals surface area contributed by atoms with Crippen molar-refractivity contribution in [3.63, 3.8) is 0 Å². The first kappa shape index (κ1) is 11.1. The molecule has 3 aliphatic rings. The molecule has 0 radical (unpaired) electrons. The summed E-state index contributed by atoms with van der Waals surface area (Å²) in [6.45, 7) is 0. The van der Waals surface area contributed by atoms with Crippen LogP contribution >= 0.6 is 0 Å². The van der Waals surface area contributed by atoms with Crippen LogP contribution in [0.1, 0.15) is 44.9 Å². The van der Waals surface area contributed by atoms with Gasteiger partial charge in [-0.25, -0.2) is 0 Å². The van der Waals surface area contributed by atoms with E-state index in [1.807, 2.05) is 0 Å². The van der Waals surface area contributed by atoms with Crippen molar-refractivity contribution in [2.75, 3.05) is 0 Å². The molecule has 94 valence electrons. The minimum Gasteiger partial charge on any atom is -0.481 e. The summed E-state index contributed by atoms with van der Waals surface area (Å²) in [5.41, 5.74) is -1.47. The first-order valence-corrected chi connectivity index (χ1v) is 6.44. The van der Waals surface area contributed by atoms with Gasteiger partial charge in [-0.15, -0.1) is 0 Å². The van der Waals surface area contributed by atoms with E-state index in [0.717, 1.165) is 12.8 Å². The summed E-state index contributed by atoms with van der Waals surface area (Å²) in [6.07, 6.45) is 5.13. The van der Waals surface area contributed by atoms with Crippen LogP contribution in [-0.2, 0) is 9.59 Å². The minimum absolute atomic E-state index is 0.332. The Kier molecular flexibility index (Phi) is 2.11. The number of carbonyl (C=O) groups is 2. The second-order valence-corrected chi connectivity index (χ2v) is 6.37. The number of aliphatic carboxylic acids is 2. The molecule has 3 aliphatic carbocycles. The molecule has 0 heterocycles. The van der Waals surface area contributed by atoms with Gasteiger partial charge in [-0.2, -0.15) is 0 Å². The summed E-state index contributed by atoms with van der Waals surface area (Å²) >= 11 is 0. The van der Waals surface area contributed by atoms with Gasteiger partial charge in [0.05, 0.1) is 10.8 Å². The average molecular weight is 238 g/mol. The summed E-state index contributed by atoms with van der Waals surface area (Å²) in [7, 11) is 0. The van der Waals surface area contributed by atoms with Crippen molar-refractivity contribution < 1.29 is 19.8 Å². The predicted octanol–water partition coefficient (Wildman–Crippen LogP) is 2.13. The Labute approximate surface area is 100 Å². The molecule has 3 saturated carbocycles. The van der Waals surface area contributed by atoms with Gasteiger partial charge in [0, 0.05) is 0 Å². The number of carboxylic acid groups (broad SMARTS) is 2. The van der Waals surface area contributed by atoms with Crippen molar-refractivity contribution in [1.29, 1.82) is 0 Å². The van der Waals surface area contributed by atoms with Gasteiger partial charge in [0.15, 0.2) is 0 Å². The normalized spacial score (nSPS) is 47.8. The van der Waals surface area contributed by atoms with E-state index >= 15 is 0 Å². The zero-order valence-electron chi connectivity index (χ0n) is 9.82. The molecule has 0 spiro atoms. The van der Waals surface area contributed by atoms with Gasteiger partial charge >= 0.3 is 11.9 Å². The van der Waals surface area contributed by atoms with Crippen LogP contribution in [0.15, 0.2) is 0 Å². The third kappa shape index (κ3) is 1.36. The second kappa shape index (κ2) is 3.24. The maximum Gasteiger partial charge on any atom is 0.309 e. The highest BCUT2D eigenvalue weighted by atomic mass is 16.4. The van der Waals surface area contributed by atoms with E-state index in [1.54, 1.807) is 0 Å². The highest BCUT2D eigenvalue weighted by Gasteiger charge is 2.62. The second-order valence-electron chi connectivity index (χ2n) is 6.37. The van der Waals surface area contributed by atoms with Crippen LogP contribution in [0, 0.1) is 22.7 Å². The molecule has 0 aromatic rings. The highest BCUT2D eigenvalue weighted by molar-refractivity contribution is 5.80. The van der Waals surface area contributed by atoms with Gasteiger partial charge in [-0.3, -0.25) is 9.59 Å². The number of carboxylic acids is 2. The largest absolute Gasteiger partial charge is 0.481 e. The van der Waals surface area contributed by atoms with Gasteiger partial charge in [0.2, 0.25) is 0 Å². The lowest BCUT2D eigenvalue weighted by molar-refractivity contribution is -0.162. The molecular weight excluding hydrogens is 220 g/mol. The lowest BCUT2D eigenvalue weighted by atomic mass is 9.61. The van der Waals surface area contributed by atoms with Gasteiger partial charge in [0.25, 0.3) is 0 Å². The molecule has 0 saturated heterocycles. The first-order chi connectivity index (χ1) is 7.97. The Morgan fingerprint density at radius 2 is 1.53 bits per heavy atom. The van der Waals surface area contributed by atoms with Gasteiger partial charge in [-0.1, -0.05) is 12.8 Å². The van der Waals surface area contributed by atoms with Crippen molar-refractivity contribution in [2.45, 2.75) is 44.9 Å². The van der Waals surface area contributed by atoms with Crippen molar-refractivity contribution in [3.05, 3.63) is 0 Å². The molecular formula is C13H18O4. The Morgan fingerprint density at radius 1 is 0.941 bits per heavy atom. The van der Waals surface area contributed by atoms with Crippen LogP contribution in [0.2, 0.25) is 0 Å². The molecule has 4 unspecified atom stereocenters. The van der Waals surface area contributed by atoms with Crippen LogP contribution in [-0.4, -0.2) is 22.2 Å². The van der Waals surface area contributed by atoms with Crippen molar-refractivity contribution in [1.82, 2.24) is 0 Å². The maximum atomic E-state index is 11.6. The standard InChI is InChI=1S/C13H18O4/c14-10(15)12-3-1-2-8-4-13(7-12,11(16)17)6-9(8)5-12/h8-9H,1-7H2,(H,14,15)(H,16,17). The smallest absolute Gasteiger partial charge is 0.309 e. The van der Waals surface area contributed by atoms with E-state index in [0.29, 0.717) is 43.9 Å². The number of fused-ring (bicyclic) bond motifs is 2. The van der Waals surface area contributed by atoms with E-state index in [4.69, 9.17) is 0 Å². The van der Waals surface area contributed by atoms with Crippen molar-refractivity contribution >= 4 is 11.9 Å². The molecule has 3 bridgehead atoms. The summed E-state index contributed by atoms with van der Waals surface area (Å²) in [5.74, 6) is -0.749. The molecule has 4 atom stereocenters. The fourth-order valence-corrected chi connectivity index (χ4v) is 4.78. The molecule has 4 heteroatoms. The van der Waals surface area contributed by atoms with E-state index in [-0.39, 0.29) is 0 Å². The molecule has 4 nitrogen and oxygen atoms in total. The Morgan fingerprint density at radius 3 is 2.18 bits per heavy atom. The maximum absolute atomic E-state index is 11.6. The summed E-state index contributed by atoms with van der Waals surface area (Å²) < 4.78 is 0. The third-order valence-corrected chi connectivity index (χ3v) is 5.44. The van der Waals surface area contributed by atoms with Crippen LogP contribution in [0.3, 0.4) is 0 Å². The highest BCUT2D eigenvalue weighted by Crippen LogP contribution is 2.64. The molecule has 3 fully saturated rings. The van der Waals surface area contributed by atoms with E-state index < -0.39 is 22.8 Å². The Bertz CT molecular complexity index is 391.